The molecule has 0 rings (SSSR count). The lowest BCUT2D eigenvalue weighted by Crippen LogP contribution is -2.30. The summed E-state index contributed by atoms with van der Waals surface area (Å²) in [6.07, 6.45) is 83.6. The average molecular weight is 1010 g/mol. The number of ether oxygens (including phenoxy) is 3. The molecule has 0 aromatic rings. The van der Waals surface area contributed by atoms with Gasteiger partial charge in [-0.3, -0.25) is 14.4 Å². The second-order valence-electron chi connectivity index (χ2n) is 19.5. The Morgan fingerprint density at radius 2 is 0.548 bits per heavy atom. The van der Waals surface area contributed by atoms with E-state index in [2.05, 4.69) is 142 Å². The van der Waals surface area contributed by atoms with E-state index in [0.717, 1.165) is 135 Å². The Balaban J connectivity index is 4.14. The van der Waals surface area contributed by atoms with Crippen molar-refractivity contribution in [1.82, 2.24) is 0 Å². The van der Waals surface area contributed by atoms with E-state index in [4.69, 9.17) is 14.2 Å². The van der Waals surface area contributed by atoms with Gasteiger partial charge < -0.3 is 14.2 Å². The third kappa shape index (κ3) is 58.6. The Bertz CT molecular complexity index is 1540. The van der Waals surface area contributed by atoms with E-state index in [1.54, 1.807) is 0 Å². The van der Waals surface area contributed by atoms with Crippen LogP contribution < -0.4 is 0 Å². The Morgan fingerprint density at radius 1 is 0.288 bits per heavy atom. The molecule has 0 radical (unpaired) electrons. The van der Waals surface area contributed by atoms with Gasteiger partial charge in [0.25, 0.3) is 0 Å². The average Bonchev–Trinajstić information content (AvgIpc) is 3.39. The highest BCUT2D eigenvalue weighted by atomic mass is 16.6. The molecule has 1 unspecified atom stereocenters. The van der Waals surface area contributed by atoms with E-state index in [-0.39, 0.29) is 31.1 Å². The minimum absolute atomic E-state index is 0.0843. The van der Waals surface area contributed by atoms with E-state index in [0.29, 0.717) is 19.3 Å². The predicted molar refractivity (Wildman–Crippen MR) is 316 cm³/mol. The molecule has 0 aliphatic rings. The summed E-state index contributed by atoms with van der Waals surface area (Å²) in [7, 11) is 0. The first kappa shape index (κ1) is 68.8. The number of esters is 3. The van der Waals surface area contributed by atoms with E-state index in [9.17, 15) is 14.4 Å². The summed E-state index contributed by atoms with van der Waals surface area (Å²) < 4.78 is 16.8. The molecule has 6 nitrogen and oxygen atoms in total. The van der Waals surface area contributed by atoms with Crippen LogP contribution in [0.25, 0.3) is 0 Å². The first-order valence-corrected chi connectivity index (χ1v) is 30.0. The van der Waals surface area contributed by atoms with Gasteiger partial charge in [0.15, 0.2) is 6.10 Å². The lowest BCUT2D eigenvalue weighted by Gasteiger charge is -2.18. The Morgan fingerprint density at radius 3 is 0.890 bits per heavy atom. The van der Waals surface area contributed by atoms with Gasteiger partial charge in [0.1, 0.15) is 13.2 Å². The number of carbonyl (C=O) groups excluding carboxylic acids is 3. The first-order chi connectivity index (χ1) is 36.0. The number of carbonyl (C=O) groups is 3. The van der Waals surface area contributed by atoms with Crippen LogP contribution in [0.1, 0.15) is 265 Å². The summed E-state index contributed by atoms with van der Waals surface area (Å²) in [6.45, 7) is 6.44. The molecule has 6 heteroatoms. The standard InChI is InChI=1S/C67H110O6/c1-4-7-10-13-16-19-21-22-23-24-25-26-27-28-29-30-31-32-33-34-35-36-37-38-39-40-41-42-43-44-46-48-51-54-57-60-66(69)72-63-64(62-71-65(68)59-56-53-50-47-18-15-12-9-6-3)73-67(70)61-58-55-52-49-45-20-17-14-11-8-5-2/h7,10,14,16-17,19,22-23,25-26,28-29,31-32,34-35,37-38,40-41,64H,4-6,8-9,11-13,15,18,20-21,24,27,30,33,36,39,42-63H2,1-3H3/b10-7-,17-14-,19-16-,23-22-,26-25-,29-28-,32-31-,35-34-,38-37-,41-40-. The highest BCUT2D eigenvalue weighted by Crippen LogP contribution is 2.14. The molecule has 0 saturated heterocycles. The Kier molecular flexibility index (Phi) is 56.9. The topological polar surface area (TPSA) is 78.9 Å². The van der Waals surface area contributed by atoms with Gasteiger partial charge in [0, 0.05) is 19.3 Å². The van der Waals surface area contributed by atoms with Crippen molar-refractivity contribution in [2.24, 2.45) is 0 Å². The molecule has 414 valence electrons. The molecule has 0 heterocycles. The number of unbranched alkanes of at least 4 members (excludes halogenated alkanes) is 22. The maximum absolute atomic E-state index is 12.8. The largest absolute Gasteiger partial charge is 0.462 e. The van der Waals surface area contributed by atoms with Gasteiger partial charge >= 0.3 is 17.9 Å². The van der Waals surface area contributed by atoms with Crippen LogP contribution in [0.3, 0.4) is 0 Å². The quantitative estimate of drug-likeness (QED) is 0.0261. The maximum atomic E-state index is 12.8. The van der Waals surface area contributed by atoms with Crippen LogP contribution in [0.4, 0.5) is 0 Å². The van der Waals surface area contributed by atoms with Gasteiger partial charge in [-0.25, -0.2) is 0 Å². The van der Waals surface area contributed by atoms with Crippen molar-refractivity contribution in [2.75, 3.05) is 13.2 Å². The van der Waals surface area contributed by atoms with Gasteiger partial charge in [0.05, 0.1) is 0 Å². The molecule has 0 saturated carbocycles. The van der Waals surface area contributed by atoms with E-state index < -0.39 is 6.10 Å². The minimum Gasteiger partial charge on any atom is -0.462 e. The number of hydrogen-bond donors (Lipinski definition) is 0. The number of allylic oxidation sites excluding steroid dienone is 20. The van der Waals surface area contributed by atoms with Crippen molar-refractivity contribution in [3.63, 3.8) is 0 Å². The molecule has 0 aromatic heterocycles. The van der Waals surface area contributed by atoms with Crippen LogP contribution in [0, 0.1) is 0 Å². The van der Waals surface area contributed by atoms with Crippen molar-refractivity contribution in [3.05, 3.63) is 122 Å². The van der Waals surface area contributed by atoms with Gasteiger partial charge in [-0.15, -0.1) is 0 Å². The maximum Gasteiger partial charge on any atom is 0.306 e. The van der Waals surface area contributed by atoms with E-state index >= 15 is 0 Å². The molecular formula is C67H110O6. The Labute approximate surface area is 450 Å². The monoisotopic (exact) mass is 1010 g/mol. The zero-order valence-corrected chi connectivity index (χ0v) is 47.4. The summed E-state index contributed by atoms with van der Waals surface area (Å²) in [5.74, 6) is -0.911. The van der Waals surface area contributed by atoms with Crippen LogP contribution in [0.2, 0.25) is 0 Å². The fourth-order valence-electron chi connectivity index (χ4n) is 7.94. The molecule has 0 aliphatic heterocycles. The molecule has 0 amide bonds. The summed E-state index contributed by atoms with van der Waals surface area (Å²) in [5.41, 5.74) is 0. The van der Waals surface area contributed by atoms with Crippen LogP contribution in [0.5, 0.6) is 0 Å². The van der Waals surface area contributed by atoms with Crippen LogP contribution in [-0.4, -0.2) is 37.2 Å². The van der Waals surface area contributed by atoms with Gasteiger partial charge in [-0.2, -0.15) is 0 Å². The zero-order chi connectivity index (χ0) is 52.9. The number of hydrogen-bond acceptors (Lipinski definition) is 6. The Hall–Kier alpha value is -4.19. The molecule has 0 fully saturated rings. The van der Waals surface area contributed by atoms with Crippen molar-refractivity contribution in [2.45, 2.75) is 271 Å². The SMILES string of the molecule is CC/C=C\C/C=C\C/C=C\C/C=C\C/C=C\C/C=C\C/C=C\C/C=C\C/C=C\CCCCCCCCCC(=O)OCC(COC(=O)CCCCCCCCCCC)OC(=O)CCCCCCC/C=C\CCCC. The molecule has 0 N–H and O–H groups in total. The van der Waals surface area contributed by atoms with Crippen molar-refractivity contribution >= 4 is 17.9 Å². The lowest BCUT2D eigenvalue weighted by atomic mass is 10.1. The second-order valence-corrected chi connectivity index (χ2v) is 19.5. The fourth-order valence-corrected chi connectivity index (χ4v) is 7.94. The predicted octanol–water partition coefficient (Wildman–Crippen LogP) is 20.4. The summed E-state index contributed by atoms with van der Waals surface area (Å²) in [6, 6.07) is 0. The van der Waals surface area contributed by atoms with Crippen LogP contribution in [0.15, 0.2) is 122 Å². The van der Waals surface area contributed by atoms with Crippen molar-refractivity contribution in [3.8, 4) is 0 Å². The normalized spacial score (nSPS) is 13.0. The van der Waals surface area contributed by atoms with Gasteiger partial charge in [0.2, 0.25) is 0 Å². The molecular weight excluding hydrogens is 901 g/mol. The third-order valence-corrected chi connectivity index (χ3v) is 12.5. The molecule has 0 bridgehead atoms. The zero-order valence-electron chi connectivity index (χ0n) is 47.4. The minimum atomic E-state index is -0.785. The van der Waals surface area contributed by atoms with Crippen molar-refractivity contribution in [1.29, 1.82) is 0 Å². The third-order valence-electron chi connectivity index (χ3n) is 12.5. The summed E-state index contributed by atoms with van der Waals surface area (Å²) in [4.78, 5) is 37.9. The molecule has 1 atom stereocenters. The number of rotatable bonds is 53. The molecule has 0 aromatic carbocycles. The highest BCUT2D eigenvalue weighted by Gasteiger charge is 2.19. The first-order valence-electron chi connectivity index (χ1n) is 30.0. The van der Waals surface area contributed by atoms with Gasteiger partial charge in [-0.1, -0.05) is 258 Å². The molecule has 73 heavy (non-hydrogen) atoms. The van der Waals surface area contributed by atoms with Gasteiger partial charge in [-0.05, 0) is 109 Å². The van der Waals surface area contributed by atoms with Crippen LogP contribution in [-0.2, 0) is 28.6 Å². The molecule has 0 aliphatic carbocycles. The highest BCUT2D eigenvalue weighted by molar-refractivity contribution is 5.71. The van der Waals surface area contributed by atoms with E-state index in [1.807, 2.05) is 0 Å². The molecule has 0 spiro atoms. The summed E-state index contributed by atoms with van der Waals surface area (Å²) in [5, 5.41) is 0. The van der Waals surface area contributed by atoms with Crippen LogP contribution >= 0.6 is 0 Å². The fraction of sp³-hybridized carbons (Fsp3) is 0.657. The second kappa shape index (κ2) is 60.4. The summed E-state index contributed by atoms with van der Waals surface area (Å²) >= 11 is 0. The van der Waals surface area contributed by atoms with E-state index in [1.165, 1.54) is 89.9 Å². The van der Waals surface area contributed by atoms with Crippen molar-refractivity contribution < 1.29 is 28.6 Å². The smallest absolute Gasteiger partial charge is 0.306 e. The lowest BCUT2D eigenvalue weighted by molar-refractivity contribution is -0.167.